The Bertz CT molecular complexity index is 834. The fourth-order valence-corrected chi connectivity index (χ4v) is 4.06. The van der Waals surface area contributed by atoms with Crippen LogP contribution in [0.25, 0.3) is 0 Å². The number of alkyl halides is 1. The van der Waals surface area contributed by atoms with Crippen LogP contribution in [0.2, 0.25) is 0 Å². The van der Waals surface area contributed by atoms with E-state index in [0.29, 0.717) is 17.9 Å². The first kappa shape index (κ1) is 20.3. The highest BCUT2D eigenvalue weighted by molar-refractivity contribution is 5.42. The van der Waals surface area contributed by atoms with Gasteiger partial charge in [0.1, 0.15) is 30.2 Å². The van der Waals surface area contributed by atoms with Crippen molar-refractivity contribution in [3.63, 3.8) is 0 Å². The summed E-state index contributed by atoms with van der Waals surface area (Å²) in [4.78, 5) is 0. The third kappa shape index (κ3) is 4.16. The van der Waals surface area contributed by atoms with Gasteiger partial charge in [0.2, 0.25) is 0 Å². The molecule has 156 valence electrons. The molecule has 0 spiro atoms. The zero-order chi connectivity index (χ0) is 20.5. The van der Waals surface area contributed by atoms with E-state index in [0.717, 1.165) is 29.7 Å². The maximum absolute atomic E-state index is 14.1. The van der Waals surface area contributed by atoms with Crippen molar-refractivity contribution >= 4 is 0 Å². The second-order valence-corrected chi connectivity index (χ2v) is 7.96. The van der Waals surface area contributed by atoms with Gasteiger partial charge in [-0.25, -0.2) is 4.39 Å². The van der Waals surface area contributed by atoms with Crippen molar-refractivity contribution in [3.8, 4) is 5.75 Å². The van der Waals surface area contributed by atoms with E-state index >= 15 is 0 Å². The van der Waals surface area contributed by atoms with Crippen LogP contribution in [0.4, 0.5) is 4.39 Å². The molecule has 29 heavy (non-hydrogen) atoms. The molecule has 3 N–H and O–H groups in total. The maximum Gasteiger partial charge on any atom is 0.157 e. The predicted molar refractivity (Wildman–Crippen MR) is 106 cm³/mol. The smallest absolute Gasteiger partial charge is 0.157 e. The lowest BCUT2D eigenvalue weighted by Crippen LogP contribution is -2.53. The van der Waals surface area contributed by atoms with E-state index in [-0.39, 0.29) is 0 Å². The zero-order valence-corrected chi connectivity index (χ0v) is 16.4. The molecule has 2 aliphatic rings. The Balaban J connectivity index is 1.63. The van der Waals surface area contributed by atoms with Gasteiger partial charge >= 0.3 is 0 Å². The van der Waals surface area contributed by atoms with Crippen molar-refractivity contribution in [2.24, 2.45) is 0 Å². The number of benzene rings is 2. The van der Waals surface area contributed by atoms with E-state index in [1.165, 1.54) is 5.56 Å². The number of aliphatic hydroxyl groups excluding tert-OH is 3. The molecule has 0 amide bonds. The standard InChI is InChI=1S/C23H27FO5/c1-28-17-7-2-13(3-8-17)10-16-11-15(6-9-18(16)14-4-5-14)23-22(27)21(26)20(24)19(12-25)29-23/h2-3,6-9,11,14,19-23,25-27H,4-5,10,12H2,1H3. The van der Waals surface area contributed by atoms with Crippen LogP contribution in [0.1, 0.15) is 47.1 Å². The number of ether oxygens (including phenoxy) is 2. The summed E-state index contributed by atoms with van der Waals surface area (Å²) in [7, 11) is 1.63. The van der Waals surface area contributed by atoms with Gasteiger partial charge in [0.25, 0.3) is 0 Å². The summed E-state index contributed by atoms with van der Waals surface area (Å²) >= 11 is 0. The van der Waals surface area contributed by atoms with Crippen molar-refractivity contribution in [1.82, 2.24) is 0 Å². The monoisotopic (exact) mass is 402 g/mol. The topological polar surface area (TPSA) is 79.2 Å². The lowest BCUT2D eigenvalue weighted by atomic mass is 9.88. The minimum absolute atomic E-state index is 0.542. The molecule has 5 nitrogen and oxygen atoms in total. The minimum atomic E-state index is -1.82. The molecule has 1 aliphatic heterocycles. The number of aliphatic hydroxyl groups is 3. The Morgan fingerprint density at radius 1 is 1.07 bits per heavy atom. The number of rotatable bonds is 6. The third-order valence-electron chi connectivity index (χ3n) is 5.91. The van der Waals surface area contributed by atoms with E-state index in [2.05, 4.69) is 0 Å². The highest BCUT2D eigenvalue weighted by Gasteiger charge is 2.45. The Morgan fingerprint density at radius 2 is 1.79 bits per heavy atom. The van der Waals surface area contributed by atoms with Crippen LogP contribution in [0.15, 0.2) is 42.5 Å². The largest absolute Gasteiger partial charge is 0.497 e. The van der Waals surface area contributed by atoms with Gasteiger partial charge < -0.3 is 24.8 Å². The average Bonchev–Trinajstić information content (AvgIpc) is 3.58. The highest BCUT2D eigenvalue weighted by atomic mass is 19.1. The molecule has 6 heteroatoms. The molecule has 0 radical (unpaired) electrons. The van der Waals surface area contributed by atoms with Crippen molar-refractivity contribution in [1.29, 1.82) is 0 Å². The second-order valence-electron chi connectivity index (χ2n) is 7.96. The van der Waals surface area contributed by atoms with Crippen LogP contribution in [0.3, 0.4) is 0 Å². The van der Waals surface area contributed by atoms with Crippen molar-refractivity contribution < 1.29 is 29.2 Å². The Morgan fingerprint density at radius 3 is 2.41 bits per heavy atom. The van der Waals surface area contributed by atoms with Gasteiger partial charge in [-0.1, -0.05) is 30.3 Å². The summed E-state index contributed by atoms with van der Waals surface area (Å²) in [5.41, 5.74) is 4.21. The number of hydrogen-bond donors (Lipinski definition) is 3. The molecule has 1 saturated heterocycles. The van der Waals surface area contributed by atoms with Crippen molar-refractivity contribution in [2.75, 3.05) is 13.7 Å². The van der Waals surface area contributed by atoms with Crippen molar-refractivity contribution in [2.45, 2.75) is 55.8 Å². The van der Waals surface area contributed by atoms with Crippen LogP contribution in [0, 0.1) is 0 Å². The van der Waals surface area contributed by atoms with Gasteiger partial charge in [0.05, 0.1) is 13.7 Å². The average molecular weight is 402 g/mol. The summed E-state index contributed by atoms with van der Waals surface area (Å²) in [6.45, 7) is -0.555. The highest BCUT2D eigenvalue weighted by Crippen LogP contribution is 2.43. The maximum atomic E-state index is 14.1. The molecule has 0 aromatic heterocycles. The van der Waals surface area contributed by atoms with Crippen LogP contribution in [-0.2, 0) is 11.2 Å². The van der Waals surface area contributed by atoms with Crippen LogP contribution < -0.4 is 4.74 Å². The Kier molecular flexibility index (Phi) is 5.88. The lowest BCUT2D eigenvalue weighted by Gasteiger charge is -2.39. The zero-order valence-electron chi connectivity index (χ0n) is 16.4. The predicted octanol–water partition coefficient (Wildman–Crippen LogP) is 2.66. The molecular formula is C23H27FO5. The summed E-state index contributed by atoms with van der Waals surface area (Å²) in [6, 6.07) is 13.8. The molecule has 4 rings (SSSR count). The van der Waals surface area contributed by atoms with Gasteiger partial charge in [-0.15, -0.1) is 0 Å². The first-order valence-electron chi connectivity index (χ1n) is 10.0. The van der Waals surface area contributed by atoms with Crippen LogP contribution in [-0.4, -0.2) is 53.5 Å². The fourth-order valence-electron chi connectivity index (χ4n) is 4.06. The van der Waals surface area contributed by atoms with Crippen molar-refractivity contribution in [3.05, 3.63) is 64.7 Å². The Labute approximate surface area is 169 Å². The van der Waals surface area contributed by atoms with Gasteiger partial charge in [-0.3, -0.25) is 0 Å². The lowest BCUT2D eigenvalue weighted by molar-refractivity contribution is -0.214. The fraction of sp³-hybridized carbons (Fsp3) is 0.478. The van der Waals surface area contributed by atoms with Gasteiger partial charge in [0.15, 0.2) is 6.17 Å². The molecule has 1 saturated carbocycles. The van der Waals surface area contributed by atoms with Gasteiger partial charge in [0, 0.05) is 0 Å². The first-order valence-corrected chi connectivity index (χ1v) is 10.0. The molecule has 2 aromatic rings. The molecule has 5 atom stereocenters. The molecule has 1 aliphatic carbocycles. The normalized spacial score (nSPS) is 29.6. The number of methoxy groups -OCH3 is 1. The molecule has 1 heterocycles. The summed E-state index contributed by atoms with van der Waals surface area (Å²) in [5, 5.41) is 29.8. The van der Waals surface area contributed by atoms with E-state index in [9.17, 15) is 19.7 Å². The third-order valence-corrected chi connectivity index (χ3v) is 5.91. The SMILES string of the molecule is COc1ccc(Cc2cc(C3OC(CO)C(F)C(O)C3O)ccc2C2CC2)cc1. The summed E-state index contributed by atoms with van der Waals surface area (Å²) in [5.74, 6) is 1.34. The van der Waals surface area contributed by atoms with Gasteiger partial charge in [-0.05, 0) is 59.6 Å². The van der Waals surface area contributed by atoms with E-state index in [4.69, 9.17) is 9.47 Å². The van der Waals surface area contributed by atoms with Crippen LogP contribution >= 0.6 is 0 Å². The Hall–Kier alpha value is -1.99. The molecular weight excluding hydrogens is 375 g/mol. The van der Waals surface area contributed by atoms with E-state index < -0.39 is 37.2 Å². The van der Waals surface area contributed by atoms with Crippen LogP contribution in [0.5, 0.6) is 5.75 Å². The van der Waals surface area contributed by atoms with E-state index in [1.807, 2.05) is 42.5 Å². The number of halogens is 1. The molecule has 5 unspecified atom stereocenters. The van der Waals surface area contributed by atoms with E-state index in [1.54, 1.807) is 7.11 Å². The summed E-state index contributed by atoms with van der Waals surface area (Å²) < 4.78 is 24.9. The quantitative estimate of drug-likeness (QED) is 0.692. The first-order chi connectivity index (χ1) is 14.0. The minimum Gasteiger partial charge on any atom is -0.497 e. The molecule has 2 aromatic carbocycles. The summed E-state index contributed by atoms with van der Waals surface area (Å²) in [6.07, 6.45) is -3.84. The second kappa shape index (κ2) is 8.40. The molecule has 2 fully saturated rings. The van der Waals surface area contributed by atoms with Gasteiger partial charge in [-0.2, -0.15) is 0 Å². The molecule has 0 bridgehead atoms. The number of hydrogen-bond acceptors (Lipinski definition) is 5.